The molecule has 4 amide bonds. The minimum absolute atomic E-state index is 0.00108. The van der Waals surface area contributed by atoms with Crippen molar-refractivity contribution >= 4 is 80.0 Å². The van der Waals surface area contributed by atoms with Crippen molar-refractivity contribution in [3.05, 3.63) is 135 Å². The smallest absolute Gasteiger partial charge is 0.254 e. The summed E-state index contributed by atoms with van der Waals surface area (Å²) in [4.78, 5) is 75.0. The van der Waals surface area contributed by atoms with Crippen molar-refractivity contribution in [3.8, 4) is 50.8 Å². The SMILES string of the molecule is COc1cc(-c2scnc2C)ccc1CNC(=O)[C@@H]1C[C@@H](O)CN1C(=O)[C@H](c1cc(OCCOCCOCCOCCOCC#Cc2cccc(CN(C)C(=O)CCNc3nc(N4CCN(C(C)=O)CC4)c4cc(Cl)c(-c5cc(O)cc6ccccc56)c(F)c4n3)c2)no1)C(C)C. The Hall–Kier alpha value is -9.00. The summed E-state index contributed by atoms with van der Waals surface area (Å²) in [6.45, 7) is 12.3. The average Bonchev–Trinajstić information content (AvgIpc) is 1.04. The molecule has 3 atom stereocenters. The fourth-order valence-corrected chi connectivity index (χ4v) is 12.9. The number of carbonyl (C=O) groups is 4. The van der Waals surface area contributed by atoms with Gasteiger partial charge in [-0.2, -0.15) is 4.98 Å². The number of carbonyl (C=O) groups excluding carboxylic acids is 4. The Morgan fingerprint density at radius 2 is 1.63 bits per heavy atom. The molecule has 26 heteroatoms. The van der Waals surface area contributed by atoms with Crippen LogP contribution >= 0.6 is 22.9 Å². The van der Waals surface area contributed by atoms with Gasteiger partial charge >= 0.3 is 0 Å². The van der Waals surface area contributed by atoms with Crippen LogP contribution in [0.3, 0.4) is 0 Å². The van der Waals surface area contributed by atoms with Crippen LogP contribution in [0.5, 0.6) is 17.4 Å². The number of nitrogens with one attached hydrogen (secondary N) is 2. The van der Waals surface area contributed by atoms with Crippen molar-refractivity contribution < 1.29 is 66.7 Å². The van der Waals surface area contributed by atoms with Crippen LogP contribution < -0.4 is 25.0 Å². The second kappa shape index (κ2) is 33.8. The number of aromatic hydroxyl groups is 1. The lowest BCUT2D eigenvalue weighted by Crippen LogP contribution is -2.48. The Kier molecular flexibility index (Phi) is 24.7. The first-order valence-corrected chi connectivity index (χ1v) is 33.4. The molecule has 0 aliphatic carbocycles. The number of fused-ring (bicyclic) bond motifs is 2. The van der Waals surface area contributed by atoms with Crippen LogP contribution in [0.25, 0.3) is 43.2 Å². The van der Waals surface area contributed by atoms with Crippen LogP contribution in [-0.2, 0) is 51.2 Å². The number of hydrogen-bond acceptors (Lipinski definition) is 20. The Balaban J connectivity index is 0.594. The van der Waals surface area contributed by atoms with Gasteiger partial charge in [0.25, 0.3) is 5.88 Å². The monoisotopic (exact) mass is 1370 g/mol. The first-order chi connectivity index (χ1) is 46.9. The molecule has 0 saturated carbocycles. The molecule has 2 fully saturated rings. The number of anilines is 2. The zero-order valence-corrected chi connectivity index (χ0v) is 56.7. The van der Waals surface area contributed by atoms with Crippen molar-refractivity contribution in [3.63, 3.8) is 0 Å². The van der Waals surface area contributed by atoms with Gasteiger partial charge < -0.3 is 73.4 Å². The summed E-state index contributed by atoms with van der Waals surface area (Å²) in [5.74, 6) is 5.10. The summed E-state index contributed by atoms with van der Waals surface area (Å²) < 4.78 is 56.7. The zero-order chi connectivity index (χ0) is 68.5. The predicted molar refractivity (Wildman–Crippen MR) is 366 cm³/mol. The normalized spacial score (nSPS) is 15.0. The summed E-state index contributed by atoms with van der Waals surface area (Å²) in [6, 6.07) is 26.1. The second-order valence-electron chi connectivity index (χ2n) is 23.9. The van der Waals surface area contributed by atoms with E-state index in [1.165, 1.54) is 29.2 Å². The van der Waals surface area contributed by atoms with E-state index >= 15 is 4.39 Å². The van der Waals surface area contributed by atoms with Gasteiger partial charge in [0.15, 0.2) is 11.6 Å². The van der Waals surface area contributed by atoms with Crippen molar-refractivity contribution in [2.24, 2.45) is 5.92 Å². The minimum Gasteiger partial charge on any atom is -0.508 e. The number of nitrogens with zero attached hydrogens (tertiary/aromatic N) is 8. The first kappa shape index (κ1) is 70.8. The largest absolute Gasteiger partial charge is 0.508 e. The summed E-state index contributed by atoms with van der Waals surface area (Å²) in [7, 11) is 3.30. The number of benzene rings is 5. The number of hydrogen-bond donors (Lipinski definition) is 4. The standard InChI is InChI=1S/C71H80ClFN10O13S/c1-44(2)63(70(89)83-42-53(86)37-58(83)69(88)75-40-51-17-16-50(35-59(51)90-6)67-45(3)76-43-97-67)60-39-61(79-96-60)95-32-31-94-30-29-93-28-27-92-26-25-91-24-10-13-47-11-9-12-48(33-47)41-80(5)62(87)18-19-74-71-77-66-56(68(78-71)82-22-20-81(21-23-82)46(4)84)38-57(72)64(65(66)73)55-36-52(85)34-49-14-7-8-15-54(49)55/h7-9,11-12,14-17,33-36,38-39,43-44,53,58,63,85-86H,18-32,37,40-42H2,1-6H3,(H,75,88)(H,74,77,78)/t53-,58+,63+/m1/s1. The van der Waals surface area contributed by atoms with E-state index < -0.39 is 23.9 Å². The number of aliphatic hydroxyl groups excluding tert-OH is 1. The van der Waals surface area contributed by atoms with Crippen molar-refractivity contribution in [2.75, 3.05) is 123 Å². The molecule has 2 aliphatic heterocycles. The number of halogens is 2. The zero-order valence-electron chi connectivity index (χ0n) is 55.1. The van der Waals surface area contributed by atoms with Crippen molar-refractivity contribution in [1.82, 2.24) is 40.1 Å². The highest BCUT2D eigenvalue weighted by Gasteiger charge is 2.43. The van der Waals surface area contributed by atoms with E-state index in [2.05, 4.69) is 37.6 Å². The molecule has 23 nitrogen and oxygen atoms in total. The van der Waals surface area contributed by atoms with Gasteiger partial charge in [0.1, 0.15) is 48.0 Å². The highest BCUT2D eigenvalue weighted by atomic mass is 35.5. The van der Waals surface area contributed by atoms with E-state index in [-0.39, 0.29) is 121 Å². The third kappa shape index (κ3) is 18.2. The van der Waals surface area contributed by atoms with E-state index in [4.69, 9.17) is 49.5 Å². The van der Waals surface area contributed by atoms with Gasteiger partial charge in [0.2, 0.25) is 29.6 Å². The number of thiazole rings is 1. The molecular formula is C71H80ClFN10O13S. The van der Waals surface area contributed by atoms with Gasteiger partial charge in [0.05, 0.1) is 80.6 Å². The fraction of sp³-hybridized carbons (Fsp3) is 0.408. The third-order valence-electron chi connectivity index (χ3n) is 16.8. The number of phenols is 1. The molecule has 8 aromatic rings. The summed E-state index contributed by atoms with van der Waals surface area (Å²) in [5, 5.41) is 33.4. The average molecular weight is 1370 g/mol. The molecule has 2 aliphatic rings. The third-order valence-corrected chi connectivity index (χ3v) is 18.0. The van der Waals surface area contributed by atoms with E-state index in [1.54, 1.807) is 47.7 Å². The van der Waals surface area contributed by atoms with Gasteiger partial charge in [-0.3, -0.25) is 19.2 Å². The van der Waals surface area contributed by atoms with Crippen LogP contribution in [-0.4, -0.2) is 194 Å². The number of aliphatic hydroxyl groups is 1. The number of phenolic OH excluding ortho intramolecular Hbond substituents is 1. The molecule has 0 unspecified atom stereocenters. The maximum atomic E-state index is 17.1. The Bertz CT molecular complexity index is 4140. The predicted octanol–water partition coefficient (Wildman–Crippen LogP) is 9.02. The van der Waals surface area contributed by atoms with Crippen molar-refractivity contribution in [2.45, 2.75) is 71.7 Å². The van der Waals surface area contributed by atoms with E-state index in [0.29, 0.717) is 106 Å². The molecule has 97 heavy (non-hydrogen) atoms. The lowest BCUT2D eigenvalue weighted by molar-refractivity contribution is -0.141. The molecule has 10 rings (SSSR count). The molecule has 2 saturated heterocycles. The number of likely N-dealkylation sites (tertiary alicyclic amines) is 1. The second-order valence-corrected chi connectivity index (χ2v) is 25.1. The minimum atomic E-state index is -0.892. The number of aromatic nitrogens is 4. The summed E-state index contributed by atoms with van der Waals surface area (Å²) in [5.41, 5.74) is 6.59. The highest BCUT2D eigenvalue weighted by molar-refractivity contribution is 7.13. The molecule has 5 aromatic carbocycles. The van der Waals surface area contributed by atoms with E-state index in [9.17, 15) is 29.4 Å². The fourth-order valence-electron chi connectivity index (χ4n) is 11.8. The quantitative estimate of drug-likeness (QED) is 0.0242. The molecule has 3 aromatic heterocycles. The molecule has 0 radical (unpaired) electrons. The van der Waals surface area contributed by atoms with Crippen LogP contribution in [0, 0.1) is 30.5 Å². The van der Waals surface area contributed by atoms with Gasteiger partial charge in [-0.05, 0) is 81.9 Å². The molecule has 512 valence electrons. The number of methoxy groups -OCH3 is 1. The molecule has 4 N–H and O–H groups in total. The van der Waals surface area contributed by atoms with Gasteiger partial charge in [-0.25, -0.2) is 14.4 Å². The number of aryl methyl sites for hydroxylation is 1. The lowest BCUT2D eigenvalue weighted by atomic mass is 9.91. The maximum absolute atomic E-state index is 17.1. The molecule has 5 heterocycles. The van der Waals surface area contributed by atoms with E-state index in [1.807, 2.05) is 92.4 Å². The van der Waals surface area contributed by atoms with E-state index in [0.717, 1.165) is 32.8 Å². The number of rotatable bonds is 30. The Morgan fingerprint density at radius 1 is 0.887 bits per heavy atom. The topological polar surface area (TPSA) is 266 Å². The molecular weight excluding hydrogens is 1290 g/mol. The van der Waals surface area contributed by atoms with Crippen LogP contribution in [0.4, 0.5) is 16.2 Å². The van der Waals surface area contributed by atoms with Crippen LogP contribution in [0.2, 0.25) is 5.02 Å². The molecule has 0 bridgehead atoms. The first-order valence-electron chi connectivity index (χ1n) is 32.2. The summed E-state index contributed by atoms with van der Waals surface area (Å²) >= 11 is 8.44. The van der Waals surface area contributed by atoms with Gasteiger partial charge in [-0.15, -0.1) is 11.3 Å². The number of piperazine rings is 1. The van der Waals surface area contributed by atoms with Crippen molar-refractivity contribution in [1.29, 1.82) is 0 Å². The number of β-amino-alcohol motifs (C(OH)–C–C–N with tert-alkyl or cyclic N) is 1. The Labute approximate surface area is 571 Å². The summed E-state index contributed by atoms with van der Waals surface area (Å²) in [6.07, 6.45) is -0.695. The highest BCUT2D eigenvalue weighted by Crippen LogP contribution is 2.43. The number of amides is 4. The Morgan fingerprint density at radius 3 is 2.35 bits per heavy atom. The molecule has 0 spiro atoms. The maximum Gasteiger partial charge on any atom is 0.254 e. The number of ether oxygens (including phenoxy) is 6. The van der Waals surface area contributed by atoms with Gasteiger partial charge in [0, 0.05) is 107 Å². The van der Waals surface area contributed by atoms with Gasteiger partial charge in [-0.1, -0.05) is 85.8 Å². The lowest BCUT2D eigenvalue weighted by Gasteiger charge is -2.35. The van der Waals surface area contributed by atoms with Crippen LogP contribution in [0.1, 0.15) is 67.7 Å². The van der Waals surface area contributed by atoms with Crippen LogP contribution in [0.15, 0.2) is 101 Å².